The van der Waals surface area contributed by atoms with E-state index in [-0.39, 0.29) is 0 Å². The summed E-state index contributed by atoms with van der Waals surface area (Å²) in [7, 11) is 0. The van der Waals surface area contributed by atoms with Crippen LogP contribution < -0.4 is 11.4 Å². The Morgan fingerprint density at radius 3 is 2.45 bits per heavy atom. The number of nitrogens with two attached hydrogens (primary N) is 2. The fourth-order valence-corrected chi connectivity index (χ4v) is 1.51. The second kappa shape index (κ2) is 4.19. The Morgan fingerprint density at radius 1 is 1.73 bits per heavy atom. The van der Waals surface area contributed by atoms with Crippen molar-refractivity contribution < 1.29 is 9.90 Å². The van der Waals surface area contributed by atoms with Crippen LogP contribution in [0.25, 0.3) is 0 Å². The average Bonchev–Trinajstić information content (AvgIpc) is 1.86. The molecule has 0 heterocycles. The van der Waals surface area contributed by atoms with Gasteiger partial charge in [-0.1, -0.05) is 0 Å². The molecule has 0 aliphatic heterocycles. The maximum absolute atomic E-state index is 11.0. The van der Waals surface area contributed by atoms with E-state index in [2.05, 4.69) is 3.53 Å². The molecule has 0 fully saturated rings. The third-order valence-corrected chi connectivity index (χ3v) is 2.49. The Morgan fingerprint density at radius 2 is 2.18 bits per heavy atom. The van der Waals surface area contributed by atoms with E-state index in [1.807, 2.05) is 0 Å². The van der Waals surface area contributed by atoms with Crippen LogP contribution >= 0.6 is 20.6 Å². The summed E-state index contributed by atoms with van der Waals surface area (Å²) in [6.07, 6.45) is 0.350. The van der Waals surface area contributed by atoms with E-state index < -0.39 is 32.1 Å². The second-order valence-electron chi connectivity index (χ2n) is 2.40. The maximum atomic E-state index is 11.0. The summed E-state index contributed by atoms with van der Waals surface area (Å²) < 4.78 is 12.8. The zero-order chi connectivity index (χ0) is 9.07. The summed E-state index contributed by atoms with van der Waals surface area (Å²) in [4.78, 5) is 11.0. The predicted molar refractivity (Wildman–Crippen MR) is 51.5 cm³/mol. The Labute approximate surface area is 74.0 Å². The number of carbonyl (C=O) groups excluding carboxylic acids is 1. The Kier molecular flexibility index (Phi) is 4.22. The number of hydrogen-bond acceptors (Lipinski definition) is 4. The molecule has 11 heavy (non-hydrogen) atoms. The first-order valence-electron chi connectivity index (χ1n) is 3.11. The van der Waals surface area contributed by atoms with Crippen molar-refractivity contribution in [2.24, 2.45) is 7.89 Å². The van der Waals surface area contributed by atoms with Crippen molar-refractivity contribution in [1.29, 1.82) is 0 Å². The van der Waals surface area contributed by atoms with Crippen LogP contribution in [0.15, 0.2) is 0 Å². The molecule has 0 aliphatic carbocycles. The first-order valence-corrected chi connectivity index (χ1v) is 6.68. The first-order chi connectivity index (χ1) is 4.90. The van der Waals surface area contributed by atoms with Crippen molar-refractivity contribution in [1.82, 2.24) is 3.53 Å². The van der Waals surface area contributed by atoms with Gasteiger partial charge in [-0.25, -0.2) is 0 Å². The standard InChI is InChI=1S/C5H14IN3O2/c1-3-5(2,11)4(10)9-6(7)8/h11H,3,7-8H2,1-2H3,(H,9,10). The minimum absolute atomic E-state index is 0.350. The monoisotopic (exact) mass is 275 g/mol. The molecular weight excluding hydrogens is 261 g/mol. The summed E-state index contributed by atoms with van der Waals surface area (Å²) in [5.41, 5.74) is -1.34. The van der Waals surface area contributed by atoms with Crippen LogP contribution in [0.2, 0.25) is 0 Å². The molecule has 68 valence electrons. The quantitative estimate of drug-likeness (QED) is 0.409. The van der Waals surface area contributed by atoms with Gasteiger partial charge in [0.15, 0.2) is 0 Å². The summed E-state index contributed by atoms with van der Waals surface area (Å²) in [6.45, 7) is 3.15. The first kappa shape index (κ1) is 11.1. The molecule has 5 nitrogen and oxygen atoms in total. The normalized spacial score (nSPS) is 17.0. The second-order valence-corrected chi connectivity index (χ2v) is 4.90. The number of amides is 1. The van der Waals surface area contributed by atoms with Gasteiger partial charge in [-0.05, 0) is 0 Å². The summed E-state index contributed by atoms with van der Waals surface area (Å²) in [6, 6.07) is 0. The molecule has 0 aromatic rings. The van der Waals surface area contributed by atoms with Gasteiger partial charge in [0.1, 0.15) is 0 Å². The minimum atomic E-state index is -2.25. The summed E-state index contributed by atoms with van der Waals surface area (Å²) in [5, 5.41) is 9.34. The number of carbonyl (C=O) groups is 1. The number of hydrogen-bond donors (Lipinski definition) is 4. The van der Waals surface area contributed by atoms with Crippen LogP contribution in [0, 0.1) is 0 Å². The number of halogens is 1. The number of rotatable bonds is 3. The molecule has 1 atom stereocenters. The third-order valence-electron chi connectivity index (χ3n) is 1.37. The zero-order valence-electron chi connectivity index (χ0n) is 6.60. The van der Waals surface area contributed by atoms with Gasteiger partial charge in [0.2, 0.25) is 0 Å². The third kappa shape index (κ3) is 3.85. The van der Waals surface area contributed by atoms with E-state index in [1.165, 1.54) is 6.92 Å². The van der Waals surface area contributed by atoms with Gasteiger partial charge >= 0.3 is 73.7 Å². The molecule has 0 aromatic heterocycles. The number of aliphatic hydroxyl groups is 1. The molecule has 0 spiro atoms. The fourth-order valence-electron chi connectivity index (χ4n) is 0.361. The SMILES string of the molecule is CCC(C)(O)C(=O)NI(N)N. The van der Waals surface area contributed by atoms with Crippen molar-refractivity contribution in [3.8, 4) is 0 Å². The van der Waals surface area contributed by atoms with Crippen LogP contribution in [0.1, 0.15) is 20.3 Å². The fraction of sp³-hybridized carbons (Fsp3) is 0.800. The molecule has 6 heteroatoms. The molecule has 0 rings (SSSR count). The molecule has 6 N–H and O–H groups in total. The molecule has 1 unspecified atom stereocenters. The van der Waals surface area contributed by atoms with Gasteiger partial charge in [-0.2, -0.15) is 0 Å². The van der Waals surface area contributed by atoms with Crippen LogP contribution in [0.4, 0.5) is 0 Å². The molecule has 0 saturated carbocycles. The molecule has 0 bridgehead atoms. The van der Waals surface area contributed by atoms with E-state index in [1.54, 1.807) is 6.92 Å². The van der Waals surface area contributed by atoms with Crippen LogP contribution in [-0.4, -0.2) is 16.6 Å². The van der Waals surface area contributed by atoms with Crippen LogP contribution in [0.3, 0.4) is 0 Å². The summed E-state index contributed by atoms with van der Waals surface area (Å²) in [5.74, 6) is -0.477. The molecule has 0 aromatic carbocycles. The van der Waals surface area contributed by atoms with E-state index in [0.29, 0.717) is 6.42 Å². The topological polar surface area (TPSA) is 101 Å². The molecule has 0 aliphatic rings. The number of nitrogens with one attached hydrogen (secondary N) is 1. The van der Waals surface area contributed by atoms with Crippen LogP contribution in [-0.2, 0) is 4.79 Å². The van der Waals surface area contributed by atoms with Gasteiger partial charge in [0.05, 0.1) is 0 Å². The van der Waals surface area contributed by atoms with Gasteiger partial charge < -0.3 is 0 Å². The van der Waals surface area contributed by atoms with Crippen molar-refractivity contribution in [2.45, 2.75) is 25.9 Å². The van der Waals surface area contributed by atoms with Crippen molar-refractivity contribution in [2.75, 3.05) is 0 Å². The molecule has 0 saturated heterocycles. The van der Waals surface area contributed by atoms with Crippen molar-refractivity contribution >= 4 is 26.5 Å². The van der Waals surface area contributed by atoms with E-state index >= 15 is 0 Å². The van der Waals surface area contributed by atoms with Gasteiger partial charge in [0, 0.05) is 0 Å². The van der Waals surface area contributed by atoms with Gasteiger partial charge in [-0.15, -0.1) is 0 Å². The molecular formula is C5H14IN3O2. The van der Waals surface area contributed by atoms with E-state index in [9.17, 15) is 9.90 Å². The average molecular weight is 275 g/mol. The summed E-state index contributed by atoms with van der Waals surface area (Å²) >= 11 is -2.25. The van der Waals surface area contributed by atoms with E-state index in [0.717, 1.165) is 0 Å². The van der Waals surface area contributed by atoms with Crippen LogP contribution in [0.5, 0.6) is 0 Å². The van der Waals surface area contributed by atoms with Gasteiger partial charge in [-0.3, -0.25) is 0 Å². The molecule has 1 amide bonds. The van der Waals surface area contributed by atoms with Crippen molar-refractivity contribution in [3.05, 3.63) is 0 Å². The Hall–Kier alpha value is 0.0800. The van der Waals surface area contributed by atoms with Crippen molar-refractivity contribution in [3.63, 3.8) is 0 Å². The predicted octanol–water partition coefficient (Wildman–Crippen LogP) is -0.568. The van der Waals surface area contributed by atoms with Gasteiger partial charge in [0.25, 0.3) is 0 Å². The van der Waals surface area contributed by atoms with E-state index in [4.69, 9.17) is 7.89 Å². The molecule has 0 radical (unpaired) electrons. The zero-order valence-corrected chi connectivity index (χ0v) is 8.75. The Bertz CT molecular complexity index is 149. The Balaban J connectivity index is 4.02.